The first kappa shape index (κ1) is 33.3. The summed E-state index contributed by atoms with van der Waals surface area (Å²) in [6, 6.07) is 8.63. The number of aromatic amines is 1. The summed E-state index contributed by atoms with van der Waals surface area (Å²) in [7, 11) is 0. The molecule has 51 heavy (non-hydrogen) atoms. The van der Waals surface area contributed by atoms with E-state index in [4.69, 9.17) is 28.4 Å². The van der Waals surface area contributed by atoms with Crippen LogP contribution in [0, 0.1) is 11.8 Å². The van der Waals surface area contributed by atoms with Crippen LogP contribution in [0.3, 0.4) is 0 Å². The first-order valence-corrected chi connectivity index (χ1v) is 19.1. The molecule has 11 nitrogen and oxygen atoms in total. The Morgan fingerprint density at radius 3 is 1.84 bits per heavy atom. The molecule has 0 unspecified atom stereocenters. The summed E-state index contributed by atoms with van der Waals surface area (Å²) in [4.78, 5) is 11.9. The van der Waals surface area contributed by atoms with Gasteiger partial charge in [-0.15, -0.1) is 0 Å². The Labute approximate surface area is 298 Å². The highest BCUT2D eigenvalue weighted by atomic mass is 16.7. The normalized spacial score (nSPS) is 30.3. The van der Waals surface area contributed by atoms with Gasteiger partial charge in [-0.1, -0.05) is 13.8 Å². The summed E-state index contributed by atoms with van der Waals surface area (Å²) in [6.07, 6.45) is 13.8. The quantitative estimate of drug-likeness (QED) is 0.232. The molecule has 6 heterocycles. The van der Waals surface area contributed by atoms with Crippen molar-refractivity contribution in [2.24, 2.45) is 11.8 Å². The summed E-state index contributed by atoms with van der Waals surface area (Å²) in [5.41, 5.74) is 4.69. The summed E-state index contributed by atoms with van der Waals surface area (Å²) in [6.45, 7) is 10.4. The van der Waals surface area contributed by atoms with Crippen molar-refractivity contribution in [3.63, 3.8) is 0 Å². The van der Waals surface area contributed by atoms with Crippen LogP contribution in [0.1, 0.15) is 101 Å². The van der Waals surface area contributed by atoms with Crippen molar-refractivity contribution in [3.05, 3.63) is 47.8 Å². The summed E-state index contributed by atoms with van der Waals surface area (Å²) >= 11 is 0. The van der Waals surface area contributed by atoms with Crippen LogP contribution in [0.25, 0.3) is 21.8 Å². The minimum Gasteiger partial charge on any atom is -0.493 e. The van der Waals surface area contributed by atoms with E-state index in [-0.39, 0.29) is 22.5 Å². The van der Waals surface area contributed by atoms with Crippen LogP contribution in [-0.2, 0) is 29.8 Å². The number of carbonyl (C=O) groups excluding carboxylic acids is 1. The van der Waals surface area contributed by atoms with Gasteiger partial charge in [-0.2, -0.15) is 10.2 Å². The van der Waals surface area contributed by atoms with Crippen LogP contribution in [0.4, 0.5) is 0 Å². The van der Waals surface area contributed by atoms with E-state index >= 15 is 0 Å². The highest BCUT2D eigenvalue weighted by molar-refractivity contribution is 5.91. The third kappa shape index (κ3) is 5.32. The number of nitrogens with zero attached hydrogens (tertiary/aromatic N) is 3. The Morgan fingerprint density at radius 2 is 1.29 bits per heavy atom. The number of rotatable bonds is 2. The number of carbonyl (C=O) groups is 1. The van der Waals surface area contributed by atoms with E-state index in [2.05, 4.69) is 47.3 Å². The number of fused-ring (bicyclic) bond motifs is 8. The van der Waals surface area contributed by atoms with Crippen LogP contribution >= 0.6 is 0 Å². The molecule has 4 fully saturated rings. The fourth-order valence-corrected chi connectivity index (χ4v) is 10.8. The van der Waals surface area contributed by atoms with E-state index in [0.29, 0.717) is 31.7 Å². The number of hydrogen-bond acceptors (Lipinski definition) is 9. The molecule has 0 amide bonds. The molecule has 2 aliphatic carbocycles. The molecule has 2 aromatic carbocycles. The second-order valence-electron chi connectivity index (χ2n) is 15.6. The molecule has 6 aliphatic rings. The molecule has 2 spiro atoms. The van der Waals surface area contributed by atoms with Gasteiger partial charge in [0.15, 0.2) is 11.6 Å². The van der Waals surface area contributed by atoms with E-state index in [1.807, 2.05) is 12.3 Å². The maximum atomic E-state index is 11.9. The largest absolute Gasteiger partial charge is 0.493 e. The van der Waals surface area contributed by atoms with Crippen molar-refractivity contribution in [1.82, 2.24) is 20.0 Å². The van der Waals surface area contributed by atoms with Crippen molar-refractivity contribution in [2.45, 2.75) is 107 Å². The summed E-state index contributed by atoms with van der Waals surface area (Å²) in [5, 5.41) is 13.7. The topological polar surface area (TPSA) is 119 Å². The fourth-order valence-electron chi connectivity index (χ4n) is 10.8. The average Bonchev–Trinajstić information content (AvgIpc) is 3.94. The maximum absolute atomic E-state index is 11.9. The Bertz CT molecular complexity index is 1940. The van der Waals surface area contributed by atoms with E-state index < -0.39 is 5.79 Å². The highest BCUT2D eigenvalue weighted by Gasteiger charge is 2.55. The molecule has 4 aliphatic heterocycles. The average molecular weight is 699 g/mol. The van der Waals surface area contributed by atoms with Gasteiger partial charge < -0.3 is 28.4 Å². The van der Waals surface area contributed by atoms with Gasteiger partial charge in [0.1, 0.15) is 11.5 Å². The van der Waals surface area contributed by atoms with Crippen molar-refractivity contribution in [3.8, 4) is 11.5 Å². The van der Waals surface area contributed by atoms with Gasteiger partial charge in [0, 0.05) is 77.5 Å². The number of nitrogens with one attached hydrogen (secondary N) is 1. The smallest absolute Gasteiger partial charge is 0.244 e. The Morgan fingerprint density at radius 1 is 0.745 bits per heavy atom. The van der Waals surface area contributed by atoms with Gasteiger partial charge in [-0.05, 0) is 62.5 Å². The van der Waals surface area contributed by atoms with Crippen LogP contribution in [0.15, 0.2) is 36.7 Å². The van der Waals surface area contributed by atoms with E-state index in [1.165, 1.54) is 28.1 Å². The molecule has 4 atom stereocenters. The minimum absolute atomic E-state index is 0.0545. The minimum atomic E-state index is -0.391. The molecule has 0 radical (unpaired) electrons. The number of aromatic nitrogens is 4. The molecular weight excluding hydrogens is 648 g/mol. The molecule has 272 valence electrons. The SMILES string of the molecule is CC[C@@]12CCC3(C[C@@H]1CCOc1cc4[nH]ncc4cc12)OCCO3.CC[C@@]12CCC3(C[C@@H]1CCOc1cc4c(cnn4C(C)=O)cc12)OCCO3. The number of ether oxygens (including phenoxy) is 6. The van der Waals surface area contributed by atoms with Gasteiger partial charge in [0.05, 0.1) is 63.1 Å². The predicted molar refractivity (Wildman–Crippen MR) is 190 cm³/mol. The van der Waals surface area contributed by atoms with Crippen LogP contribution in [-0.4, -0.2) is 77.1 Å². The number of benzene rings is 2. The van der Waals surface area contributed by atoms with E-state index in [1.54, 1.807) is 6.20 Å². The third-order valence-corrected chi connectivity index (χ3v) is 13.5. The lowest BCUT2D eigenvalue weighted by molar-refractivity contribution is -0.199. The molecule has 1 N–H and O–H groups in total. The monoisotopic (exact) mass is 698 g/mol. The lowest BCUT2D eigenvalue weighted by Crippen LogP contribution is -2.48. The van der Waals surface area contributed by atoms with Crippen molar-refractivity contribution in [1.29, 1.82) is 0 Å². The third-order valence-electron chi connectivity index (χ3n) is 13.5. The first-order chi connectivity index (χ1) is 24.8. The van der Waals surface area contributed by atoms with Crippen molar-refractivity contribution in [2.75, 3.05) is 39.6 Å². The van der Waals surface area contributed by atoms with Crippen molar-refractivity contribution >= 4 is 27.7 Å². The Kier molecular flexibility index (Phi) is 8.21. The Balaban J connectivity index is 0.000000137. The van der Waals surface area contributed by atoms with Crippen molar-refractivity contribution < 1.29 is 33.2 Å². The molecular formula is C40H50N4O7. The van der Waals surface area contributed by atoms with E-state index in [9.17, 15) is 4.79 Å². The molecule has 2 saturated carbocycles. The molecule has 11 heteroatoms. The van der Waals surface area contributed by atoms with Gasteiger partial charge in [-0.25, -0.2) is 4.68 Å². The lowest BCUT2D eigenvalue weighted by Gasteiger charge is -2.49. The van der Waals surface area contributed by atoms with Crippen LogP contribution < -0.4 is 9.47 Å². The zero-order valence-electron chi connectivity index (χ0n) is 30.1. The van der Waals surface area contributed by atoms with Gasteiger partial charge >= 0.3 is 0 Å². The molecule has 0 bridgehead atoms. The first-order valence-electron chi connectivity index (χ1n) is 19.1. The van der Waals surface area contributed by atoms with Gasteiger partial charge in [-0.3, -0.25) is 9.89 Å². The van der Waals surface area contributed by atoms with Crippen LogP contribution in [0.5, 0.6) is 11.5 Å². The molecule has 10 rings (SSSR count). The van der Waals surface area contributed by atoms with Gasteiger partial charge in [0.25, 0.3) is 0 Å². The van der Waals surface area contributed by atoms with Gasteiger partial charge in [0.2, 0.25) is 5.91 Å². The highest BCUT2D eigenvalue weighted by Crippen LogP contribution is 2.58. The fraction of sp³-hybridized carbons (Fsp3) is 0.625. The van der Waals surface area contributed by atoms with Crippen LogP contribution in [0.2, 0.25) is 0 Å². The summed E-state index contributed by atoms with van der Waals surface area (Å²) in [5.74, 6) is 2.09. The number of hydrogen-bond donors (Lipinski definition) is 1. The standard InChI is InChI=1S/C21H26N2O4.C19H24N2O3/c1-3-20-5-6-21(26-8-9-27-21)12-16(20)4-7-25-19-11-18-15(10-17(19)20)13-22-23(18)14(2)24;1-2-18-4-5-19(23-7-8-24-19)11-14(18)3-6-22-17-10-16-13(9-15(17)18)12-20-21-16/h10-11,13,16H,3-9,12H2,1-2H3;9-10,12,14H,2-8,11H2,1H3,(H,20,21)/t16-,20+;14-,18+/m00/s1. The van der Waals surface area contributed by atoms with E-state index in [0.717, 1.165) is 112 Å². The Hall–Kier alpha value is -3.51. The lowest BCUT2D eigenvalue weighted by atomic mass is 9.59. The predicted octanol–water partition coefficient (Wildman–Crippen LogP) is 7.21. The molecule has 2 saturated heterocycles. The second kappa shape index (κ2) is 12.6. The molecule has 2 aromatic heterocycles. The molecule has 4 aromatic rings. The summed E-state index contributed by atoms with van der Waals surface area (Å²) < 4.78 is 37.9. The maximum Gasteiger partial charge on any atom is 0.244 e. The second-order valence-corrected chi connectivity index (χ2v) is 15.6. The number of H-pyrrole nitrogens is 1. The zero-order valence-corrected chi connectivity index (χ0v) is 30.1. The zero-order chi connectivity index (χ0) is 34.8.